The molecule has 4 aromatic heterocycles. The van der Waals surface area contributed by atoms with Crippen molar-refractivity contribution in [3.63, 3.8) is 0 Å². The fourth-order valence-corrected chi connectivity index (χ4v) is 7.65. The Kier molecular flexibility index (Phi) is 2.98. The van der Waals surface area contributed by atoms with Crippen molar-refractivity contribution in [3.05, 3.63) is 72.9 Å². The number of rotatable bonds is 1. The summed E-state index contributed by atoms with van der Waals surface area (Å²) in [6.45, 7) is 0. The second kappa shape index (κ2) is 5.35. The molecule has 3 nitrogen and oxygen atoms in total. The minimum absolute atomic E-state index is 1.03. The molecule has 0 bridgehead atoms. The Hall–Kier alpha value is -3.05. The normalized spacial score (nSPS) is 13.2. The molecule has 0 N–H and O–H groups in total. The standard InChI is InChI=1S/C26H21GeN3/c1-27(2,3)16-11-12-18-20-13-14-28-26-25(20)29(23(18)15-16)22-10-6-8-19-17-7-4-5-9-21(17)30(26)24(19)22/h4-15H,1-3H3. The maximum absolute atomic E-state index is 4.90. The molecule has 0 aliphatic carbocycles. The molecular weight excluding hydrogens is 427 g/mol. The third-order valence-electron chi connectivity index (χ3n) is 6.65. The van der Waals surface area contributed by atoms with Crippen LogP contribution in [-0.4, -0.2) is 27.1 Å². The summed E-state index contributed by atoms with van der Waals surface area (Å²) in [7, 11) is 0. The van der Waals surface area contributed by atoms with Gasteiger partial charge in [-0.2, -0.15) is 0 Å². The van der Waals surface area contributed by atoms with Gasteiger partial charge in [0, 0.05) is 0 Å². The summed E-state index contributed by atoms with van der Waals surface area (Å²) in [6, 6.07) is 24.7. The summed E-state index contributed by atoms with van der Waals surface area (Å²) < 4.78 is 6.37. The fourth-order valence-electron chi connectivity index (χ4n) is 5.23. The summed E-state index contributed by atoms with van der Waals surface area (Å²) in [5.74, 6) is 7.39. The molecule has 0 radical (unpaired) electrons. The first-order valence-corrected chi connectivity index (χ1v) is 17.8. The molecule has 4 heteroatoms. The average molecular weight is 448 g/mol. The molecule has 0 saturated carbocycles. The van der Waals surface area contributed by atoms with Gasteiger partial charge >= 0.3 is 176 Å². The van der Waals surface area contributed by atoms with Gasteiger partial charge in [-0.3, -0.25) is 0 Å². The molecular formula is C26H21GeN3. The Balaban J connectivity index is 1.87. The fraction of sp³-hybridized carbons (Fsp3) is 0.115. The first-order valence-electron chi connectivity index (χ1n) is 10.5. The number of benzene rings is 3. The first kappa shape index (κ1) is 16.7. The van der Waals surface area contributed by atoms with E-state index in [9.17, 15) is 0 Å². The summed E-state index contributed by atoms with van der Waals surface area (Å²) in [4.78, 5) is 4.90. The Morgan fingerprint density at radius 3 is 2.23 bits per heavy atom. The Bertz CT molecular complexity index is 1780. The van der Waals surface area contributed by atoms with Crippen molar-refractivity contribution in [3.8, 4) is 0 Å². The molecule has 7 aromatic rings. The number of hydrogen-bond donors (Lipinski definition) is 0. The van der Waals surface area contributed by atoms with Crippen LogP contribution in [0.1, 0.15) is 0 Å². The molecule has 3 aromatic carbocycles. The Labute approximate surface area is 176 Å². The minimum atomic E-state index is -1.96. The van der Waals surface area contributed by atoms with Gasteiger partial charge in [-0.15, -0.1) is 0 Å². The third kappa shape index (κ3) is 1.89. The zero-order valence-electron chi connectivity index (χ0n) is 17.3. The van der Waals surface area contributed by atoms with Crippen LogP contribution in [0.2, 0.25) is 17.3 Å². The van der Waals surface area contributed by atoms with Crippen LogP contribution in [0.5, 0.6) is 0 Å². The number of fused-ring (bicyclic) bond motifs is 8. The molecule has 144 valence electrons. The van der Waals surface area contributed by atoms with Crippen molar-refractivity contribution in [2.45, 2.75) is 17.3 Å². The van der Waals surface area contributed by atoms with Gasteiger partial charge in [0.2, 0.25) is 0 Å². The zero-order valence-corrected chi connectivity index (χ0v) is 19.4. The average Bonchev–Trinajstić information content (AvgIpc) is 3.26. The molecule has 4 heterocycles. The molecule has 0 fully saturated rings. The van der Waals surface area contributed by atoms with Crippen LogP contribution in [0.4, 0.5) is 0 Å². The van der Waals surface area contributed by atoms with E-state index in [4.69, 9.17) is 4.98 Å². The number of nitrogens with zero attached hydrogens (tertiary/aromatic N) is 3. The quantitative estimate of drug-likeness (QED) is 0.217. The van der Waals surface area contributed by atoms with Gasteiger partial charge in [0.15, 0.2) is 0 Å². The third-order valence-corrected chi connectivity index (χ3v) is 10.9. The van der Waals surface area contributed by atoms with Gasteiger partial charge in [-0.25, -0.2) is 0 Å². The van der Waals surface area contributed by atoms with Crippen LogP contribution in [-0.2, 0) is 0 Å². The first-order chi connectivity index (χ1) is 14.5. The topological polar surface area (TPSA) is 21.7 Å². The van der Waals surface area contributed by atoms with Gasteiger partial charge in [-0.1, -0.05) is 0 Å². The molecule has 0 amide bonds. The molecule has 30 heavy (non-hydrogen) atoms. The SMILES string of the molecule is [CH3][Ge]([CH3])([CH3])[c]1ccc2c3ccnc4c3n(c2c1)c1cccc2c3ccccc3n4c21. The monoisotopic (exact) mass is 449 g/mol. The van der Waals surface area contributed by atoms with E-state index >= 15 is 0 Å². The predicted octanol–water partition coefficient (Wildman–Crippen LogP) is 6.18. The van der Waals surface area contributed by atoms with Gasteiger partial charge in [-0.05, 0) is 0 Å². The van der Waals surface area contributed by atoms with Crippen molar-refractivity contribution in [1.82, 2.24) is 13.8 Å². The molecule has 0 atom stereocenters. The zero-order chi connectivity index (χ0) is 20.2. The van der Waals surface area contributed by atoms with E-state index in [1.54, 1.807) is 0 Å². The van der Waals surface area contributed by atoms with E-state index < -0.39 is 13.3 Å². The number of hydrogen-bond acceptors (Lipinski definition) is 1. The summed E-state index contributed by atoms with van der Waals surface area (Å²) in [6.07, 6.45) is 1.96. The van der Waals surface area contributed by atoms with Crippen molar-refractivity contribution >= 4 is 72.4 Å². The Morgan fingerprint density at radius 1 is 0.633 bits per heavy atom. The van der Waals surface area contributed by atoms with Crippen LogP contribution in [0.3, 0.4) is 0 Å². The van der Waals surface area contributed by atoms with Crippen molar-refractivity contribution in [1.29, 1.82) is 0 Å². The van der Waals surface area contributed by atoms with Crippen LogP contribution in [0.25, 0.3) is 54.8 Å². The van der Waals surface area contributed by atoms with Gasteiger partial charge in [0.05, 0.1) is 0 Å². The number of aromatic nitrogens is 3. The summed E-state index contributed by atoms with van der Waals surface area (Å²) in [5.41, 5.74) is 7.29. The number of pyridine rings is 1. The van der Waals surface area contributed by atoms with Crippen LogP contribution in [0.15, 0.2) is 72.9 Å². The predicted molar refractivity (Wildman–Crippen MR) is 130 cm³/mol. The van der Waals surface area contributed by atoms with E-state index in [2.05, 4.69) is 92.8 Å². The van der Waals surface area contributed by atoms with E-state index in [-0.39, 0.29) is 0 Å². The van der Waals surface area contributed by atoms with E-state index in [1.165, 1.54) is 53.5 Å². The van der Waals surface area contributed by atoms with Crippen LogP contribution >= 0.6 is 0 Å². The van der Waals surface area contributed by atoms with Crippen molar-refractivity contribution < 1.29 is 0 Å². The van der Waals surface area contributed by atoms with Crippen molar-refractivity contribution in [2.24, 2.45) is 0 Å². The van der Waals surface area contributed by atoms with E-state index in [1.807, 2.05) is 6.20 Å². The molecule has 0 spiro atoms. The number of para-hydroxylation sites is 2. The second-order valence-corrected chi connectivity index (χ2v) is 20.0. The molecule has 0 aliphatic heterocycles. The van der Waals surface area contributed by atoms with Gasteiger partial charge < -0.3 is 0 Å². The van der Waals surface area contributed by atoms with Gasteiger partial charge in [0.25, 0.3) is 0 Å². The summed E-state index contributed by atoms with van der Waals surface area (Å²) >= 11 is -1.96. The van der Waals surface area contributed by atoms with Crippen LogP contribution in [0, 0.1) is 0 Å². The van der Waals surface area contributed by atoms with Crippen LogP contribution < -0.4 is 4.40 Å². The van der Waals surface area contributed by atoms with Crippen molar-refractivity contribution in [2.75, 3.05) is 0 Å². The Morgan fingerprint density at radius 2 is 1.37 bits per heavy atom. The molecule has 0 unspecified atom stereocenters. The second-order valence-electron chi connectivity index (χ2n) is 9.37. The van der Waals surface area contributed by atoms with Gasteiger partial charge in [0.1, 0.15) is 0 Å². The van der Waals surface area contributed by atoms with E-state index in [0.717, 1.165) is 5.65 Å². The summed E-state index contributed by atoms with van der Waals surface area (Å²) in [5, 5.41) is 5.17. The van der Waals surface area contributed by atoms with E-state index in [0.29, 0.717) is 0 Å². The molecule has 0 aliphatic rings. The molecule has 7 rings (SSSR count). The maximum atomic E-state index is 4.90. The molecule has 0 saturated heterocycles.